The van der Waals surface area contributed by atoms with Crippen molar-refractivity contribution in [3.63, 3.8) is 0 Å². The quantitative estimate of drug-likeness (QED) is 0.640. The minimum Gasteiger partial charge on any atom is -0.322 e. The number of piperazine rings is 1. The number of hydrogen-bond acceptors (Lipinski definition) is 4. The minimum absolute atomic E-state index is 0.0378. The van der Waals surface area contributed by atoms with Crippen LogP contribution in [0.1, 0.15) is 23.1 Å². The molecule has 3 N–H and O–H groups in total. The zero-order valence-electron chi connectivity index (χ0n) is 15.0. The lowest BCUT2D eigenvalue weighted by atomic mass is 10.1. The highest BCUT2D eigenvalue weighted by molar-refractivity contribution is 7.15. The van der Waals surface area contributed by atoms with Gasteiger partial charge in [0.1, 0.15) is 37.7 Å². The summed E-state index contributed by atoms with van der Waals surface area (Å²) in [7, 11) is 0. The molecule has 2 aromatic rings. The van der Waals surface area contributed by atoms with Gasteiger partial charge in [-0.1, -0.05) is 48.1 Å². The maximum absolute atomic E-state index is 12.2. The molecule has 0 unspecified atom stereocenters. The van der Waals surface area contributed by atoms with Gasteiger partial charge in [-0.3, -0.25) is 10.1 Å². The van der Waals surface area contributed by atoms with Gasteiger partial charge < -0.3 is 9.80 Å². The topological polar surface area (TPSA) is 63.8 Å². The van der Waals surface area contributed by atoms with Gasteiger partial charge >= 0.3 is 0 Å². The Balaban J connectivity index is 1.41. The van der Waals surface area contributed by atoms with Crippen LogP contribution >= 0.6 is 11.3 Å². The van der Waals surface area contributed by atoms with Crippen LogP contribution in [0.3, 0.4) is 0 Å². The second-order valence-electron chi connectivity index (χ2n) is 6.74. The van der Waals surface area contributed by atoms with E-state index in [1.54, 1.807) is 4.90 Å². The molecule has 0 aliphatic carbocycles. The highest BCUT2D eigenvalue weighted by atomic mass is 32.1. The summed E-state index contributed by atoms with van der Waals surface area (Å²) in [6.07, 6.45) is 0.852. The number of carbonyl (C=O) groups is 1. The zero-order chi connectivity index (χ0) is 17.6. The summed E-state index contributed by atoms with van der Waals surface area (Å²) < 4.78 is 0. The molecule has 3 rings (SSSR count). The molecule has 25 heavy (non-hydrogen) atoms. The van der Waals surface area contributed by atoms with Crippen LogP contribution in [-0.2, 0) is 17.8 Å². The van der Waals surface area contributed by atoms with Crippen molar-refractivity contribution in [2.24, 2.45) is 0 Å². The molecule has 0 radical (unpaired) electrons. The Labute approximate surface area is 152 Å². The number of rotatable bonds is 6. The number of hydrogen-bond donors (Lipinski definition) is 3. The Kier molecular flexibility index (Phi) is 6.12. The lowest BCUT2D eigenvalue weighted by molar-refractivity contribution is -1.02. The first-order valence-electron chi connectivity index (χ1n) is 8.97. The van der Waals surface area contributed by atoms with Crippen LogP contribution in [0.5, 0.6) is 0 Å². The second-order valence-corrected chi connectivity index (χ2v) is 7.80. The fourth-order valence-corrected chi connectivity index (χ4v) is 3.84. The van der Waals surface area contributed by atoms with Crippen LogP contribution in [0.4, 0.5) is 5.13 Å². The Hall–Kier alpha value is -1.83. The summed E-state index contributed by atoms with van der Waals surface area (Å²) in [4.78, 5) is 15.1. The number of quaternary nitrogens is 2. The summed E-state index contributed by atoms with van der Waals surface area (Å²) in [5.41, 5.74) is 2.70. The molecule has 2 heterocycles. The third-order valence-electron chi connectivity index (χ3n) is 4.67. The van der Waals surface area contributed by atoms with Crippen LogP contribution < -0.4 is 15.1 Å². The Morgan fingerprint density at radius 3 is 2.44 bits per heavy atom. The molecule has 0 atom stereocenters. The number of aryl methyl sites for hydroxylation is 2. The smallest absolute Gasteiger partial charge is 0.281 e. The molecule has 0 spiro atoms. The monoisotopic (exact) mass is 361 g/mol. The summed E-state index contributed by atoms with van der Waals surface area (Å²) in [6, 6.07) is 8.80. The van der Waals surface area contributed by atoms with E-state index in [4.69, 9.17) is 0 Å². The molecule has 134 valence electrons. The van der Waals surface area contributed by atoms with Gasteiger partial charge in [-0.25, -0.2) is 0 Å². The molecule has 1 saturated heterocycles. The molecule has 7 heteroatoms. The molecular weight excluding hydrogens is 334 g/mol. The number of nitrogens with zero attached hydrogens (tertiary/aromatic N) is 2. The molecule has 1 aromatic carbocycles. The molecule has 1 aliphatic heterocycles. The molecule has 1 amide bonds. The molecule has 1 aliphatic rings. The average molecular weight is 362 g/mol. The molecule has 1 fully saturated rings. The van der Waals surface area contributed by atoms with Gasteiger partial charge in [0.25, 0.3) is 5.91 Å². The average Bonchev–Trinajstić information content (AvgIpc) is 3.06. The Morgan fingerprint density at radius 2 is 1.80 bits per heavy atom. The third kappa shape index (κ3) is 5.32. The fourth-order valence-electron chi connectivity index (χ4n) is 3.14. The van der Waals surface area contributed by atoms with Crippen molar-refractivity contribution in [1.82, 2.24) is 10.2 Å². The zero-order valence-corrected chi connectivity index (χ0v) is 15.8. The number of aromatic nitrogens is 2. The second kappa shape index (κ2) is 8.51. The largest absolute Gasteiger partial charge is 0.322 e. The van der Waals surface area contributed by atoms with Gasteiger partial charge in [-0.15, -0.1) is 10.2 Å². The number of benzene rings is 1. The van der Waals surface area contributed by atoms with Gasteiger partial charge in [0.15, 0.2) is 6.54 Å². The summed E-state index contributed by atoms with van der Waals surface area (Å²) in [6.45, 7) is 10.0. The first kappa shape index (κ1) is 18.0. The van der Waals surface area contributed by atoms with Crippen molar-refractivity contribution in [1.29, 1.82) is 0 Å². The Morgan fingerprint density at radius 1 is 1.12 bits per heavy atom. The van der Waals surface area contributed by atoms with E-state index in [1.807, 2.05) is 6.92 Å². The van der Waals surface area contributed by atoms with Crippen molar-refractivity contribution in [3.05, 3.63) is 40.4 Å². The van der Waals surface area contributed by atoms with E-state index >= 15 is 0 Å². The molecule has 1 aromatic heterocycles. The van der Waals surface area contributed by atoms with E-state index < -0.39 is 0 Å². The van der Waals surface area contributed by atoms with E-state index in [2.05, 4.69) is 46.7 Å². The highest BCUT2D eigenvalue weighted by Crippen LogP contribution is 2.14. The van der Waals surface area contributed by atoms with Crippen molar-refractivity contribution < 1.29 is 14.6 Å². The van der Waals surface area contributed by atoms with Gasteiger partial charge in [-0.2, -0.15) is 0 Å². The summed E-state index contributed by atoms with van der Waals surface area (Å²) >= 11 is 1.46. The van der Waals surface area contributed by atoms with Crippen molar-refractivity contribution in [2.75, 3.05) is 38.0 Å². The van der Waals surface area contributed by atoms with Crippen LogP contribution in [-0.4, -0.2) is 48.8 Å². The van der Waals surface area contributed by atoms with E-state index in [9.17, 15) is 4.79 Å². The molecule has 0 bridgehead atoms. The van der Waals surface area contributed by atoms with E-state index in [-0.39, 0.29) is 5.91 Å². The van der Waals surface area contributed by atoms with Gasteiger partial charge in [0.2, 0.25) is 5.13 Å². The van der Waals surface area contributed by atoms with Crippen LogP contribution in [0.15, 0.2) is 24.3 Å². The van der Waals surface area contributed by atoms with Crippen LogP contribution in [0.25, 0.3) is 0 Å². The highest BCUT2D eigenvalue weighted by Gasteiger charge is 2.25. The number of anilines is 1. The summed E-state index contributed by atoms with van der Waals surface area (Å²) in [5, 5.41) is 12.5. The van der Waals surface area contributed by atoms with Crippen molar-refractivity contribution >= 4 is 22.4 Å². The van der Waals surface area contributed by atoms with E-state index in [0.29, 0.717) is 11.7 Å². The van der Waals surface area contributed by atoms with Gasteiger partial charge in [-0.05, 0) is 13.3 Å². The van der Waals surface area contributed by atoms with Crippen LogP contribution in [0.2, 0.25) is 0 Å². The van der Waals surface area contributed by atoms with Crippen molar-refractivity contribution in [3.8, 4) is 0 Å². The number of nitrogens with one attached hydrogen (secondary N) is 3. The minimum atomic E-state index is 0.0378. The maximum atomic E-state index is 12.2. The lowest BCUT2D eigenvalue weighted by Gasteiger charge is -2.29. The predicted molar refractivity (Wildman–Crippen MR) is 99.1 cm³/mol. The molecular formula is C18H27N5OS+2. The third-order valence-corrected chi connectivity index (χ3v) is 5.65. The first-order chi connectivity index (χ1) is 12.1. The Bertz CT molecular complexity index is 692. The molecule has 0 saturated carbocycles. The predicted octanol–water partition coefficient (Wildman–Crippen LogP) is -0.669. The molecule has 6 nitrogen and oxygen atoms in total. The van der Waals surface area contributed by atoms with Gasteiger partial charge in [0, 0.05) is 5.56 Å². The fraction of sp³-hybridized carbons (Fsp3) is 0.500. The first-order valence-corrected chi connectivity index (χ1v) is 9.79. The SMILES string of the molecule is CCc1nnc(NC(=O)C[NH+]2CC[NH+](Cc3ccc(C)cc3)CC2)s1. The number of carbonyl (C=O) groups excluding carboxylic acids is 1. The number of amides is 1. The maximum Gasteiger partial charge on any atom is 0.281 e. The van der Waals surface area contributed by atoms with Crippen LogP contribution in [0, 0.1) is 6.92 Å². The van der Waals surface area contributed by atoms with E-state index in [1.165, 1.54) is 27.4 Å². The van der Waals surface area contributed by atoms with E-state index in [0.717, 1.165) is 44.2 Å². The van der Waals surface area contributed by atoms with Gasteiger partial charge in [0.05, 0.1) is 0 Å². The normalized spacial score (nSPS) is 20.4. The standard InChI is InChI=1S/C18H25N5OS/c1-3-17-20-21-18(25-17)19-16(24)13-23-10-8-22(9-11-23)12-15-6-4-14(2)5-7-15/h4-7H,3,8-13H2,1-2H3,(H,19,21,24)/p+2. The lowest BCUT2D eigenvalue weighted by Crippen LogP contribution is -3.28. The summed E-state index contributed by atoms with van der Waals surface area (Å²) in [5.74, 6) is 0.0378. The van der Waals surface area contributed by atoms with Crippen molar-refractivity contribution in [2.45, 2.75) is 26.8 Å².